The summed E-state index contributed by atoms with van der Waals surface area (Å²) in [6.45, 7) is 11.3. The lowest BCUT2D eigenvalue weighted by molar-refractivity contribution is -0.151. The van der Waals surface area contributed by atoms with Crippen molar-refractivity contribution in [2.24, 2.45) is 0 Å². The van der Waals surface area contributed by atoms with Crippen molar-refractivity contribution < 1.29 is 14.3 Å². The molecule has 16 heavy (non-hydrogen) atoms. The van der Waals surface area contributed by atoms with E-state index in [1.54, 1.807) is 6.08 Å². The van der Waals surface area contributed by atoms with Crippen LogP contribution in [-0.2, 0) is 14.3 Å². The van der Waals surface area contributed by atoms with Crippen LogP contribution in [0.2, 0.25) is 0 Å². The van der Waals surface area contributed by atoms with Gasteiger partial charge in [-0.3, -0.25) is 4.79 Å². The standard InChI is InChI=1S/C13H22O3/c1-6-12(4,15-10(3)14)9-8-11-13(5,7-2)16-11/h6,11H,1,7-9H2,2-5H3/t11-,12-,13-/m1/s1. The molecule has 0 N–H and O–H groups in total. The van der Waals surface area contributed by atoms with E-state index in [0.717, 1.165) is 19.3 Å². The molecule has 92 valence electrons. The predicted octanol–water partition coefficient (Wildman–Crippen LogP) is 2.84. The molecule has 0 saturated carbocycles. The maximum absolute atomic E-state index is 11.0. The molecule has 1 heterocycles. The van der Waals surface area contributed by atoms with Gasteiger partial charge in [0.1, 0.15) is 5.60 Å². The molecule has 0 aliphatic carbocycles. The fraction of sp³-hybridized carbons (Fsp3) is 0.769. The van der Waals surface area contributed by atoms with E-state index in [4.69, 9.17) is 9.47 Å². The third-order valence-electron chi connectivity index (χ3n) is 3.45. The Morgan fingerprint density at radius 1 is 1.69 bits per heavy atom. The van der Waals surface area contributed by atoms with E-state index in [0.29, 0.717) is 6.10 Å². The van der Waals surface area contributed by atoms with E-state index in [1.807, 2.05) is 6.92 Å². The third kappa shape index (κ3) is 3.08. The average Bonchev–Trinajstić information content (AvgIpc) is 2.87. The second kappa shape index (κ2) is 4.58. The van der Waals surface area contributed by atoms with Crippen LogP contribution in [0.3, 0.4) is 0 Å². The largest absolute Gasteiger partial charge is 0.455 e. The van der Waals surface area contributed by atoms with Gasteiger partial charge in [-0.2, -0.15) is 0 Å². The first-order valence-corrected chi connectivity index (χ1v) is 5.86. The molecule has 0 aromatic rings. The van der Waals surface area contributed by atoms with Gasteiger partial charge in [0, 0.05) is 6.92 Å². The van der Waals surface area contributed by atoms with Crippen molar-refractivity contribution in [2.45, 2.75) is 64.3 Å². The molecular weight excluding hydrogens is 204 g/mol. The monoisotopic (exact) mass is 226 g/mol. The van der Waals surface area contributed by atoms with Crippen molar-refractivity contribution in [3.8, 4) is 0 Å². The van der Waals surface area contributed by atoms with Gasteiger partial charge in [0.2, 0.25) is 0 Å². The van der Waals surface area contributed by atoms with E-state index in [1.165, 1.54) is 6.92 Å². The summed E-state index contributed by atoms with van der Waals surface area (Å²) in [6.07, 6.45) is 4.68. The van der Waals surface area contributed by atoms with Crippen LogP contribution in [0, 0.1) is 0 Å². The zero-order valence-corrected chi connectivity index (χ0v) is 10.7. The van der Waals surface area contributed by atoms with Crippen molar-refractivity contribution in [3.05, 3.63) is 12.7 Å². The van der Waals surface area contributed by atoms with E-state index in [9.17, 15) is 4.79 Å². The van der Waals surface area contributed by atoms with E-state index in [2.05, 4.69) is 20.4 Å². The van der Waals surface area contributed by atoms with Crippen LogP contribution in [0.1, 0.15) is 47.0 Å². The van der Waals surface area contributed by atoms with Crippen LogP contribution >= 0.6 is 0 Å². The highest BCUT2D eigenvalue weighted by molar-refractivity contribution is 5.66. The molecule has 0 bridgehead atoms. The molecule has 1 aliphatic heterocycles. The fourth-order valence-corrected chi connectivity index (χ4v) is 1.91. The second-order valence-electron chi connectivity index (χ2n) is 4.92. The summed E-state index contributed by atoms with van der Waals surface area (Å²) in [6, 6.07) is 0. The van der Waals surface area contributed by atoms with Gasteiger partial charge in [-0.25, -0.2) is 0 Å². The molecule has 0 aromatic heterocycles. The molecule has 0 aromatic carbocycles. The molecule has 1 fully saturated rings. The molecule has 3 nitrogen and oxygen atoms in total. The van der Waals surface area contributed by atoms with Crippen LogP contribution in [0.15, 0.2) is 12.7 Å². The summed E-state index contributed by atoms with van der Waals surface area (Å²) in [5.41, 5.74) is -0.523. The Morgan fingerprint density at radius 3 is 2.69 bits per heavy atom. The number of ether oxygens (including phenoxy) is 2. The molecule has 0 radical (unpaired) electrons. The first kappa shape index (κ1) is 13.2. The maximum atomic E-state index is 11.0. The summed E-state index contributed by atoms with van der Waals surface area (Å²) in [7, 11) is 0. The predicted molar refractivity (Wildman–Crippen MR) is 63.2 cm³/mol. The van der Waals surface area contributed by atoms with Crippen molar-refractivity contribution >= 4 is 5.97 Å². The van der Waals surface area contributed by atoms with Gasteiger partial charge in [-0.15, -0.1) is 0 Å². The topological polar surface area (TPSA) is 38.8 Å². The maximum Gasteiger partial charge on any atom is 0.303 e. The number of carbonyl (C=O) groups is 1. The van der Waals surface area contributed by atoms with E-state index < -0.39 is 5.60 Å². The van der Waals surface area contributed by atoms with Crippen LogP contribution in [0.5, 0.6) is 0 Å². The van der Waals surface area contributed by atoms with Crippen molar-refractivity contribution in [1.29, 1.82) is 0 Å². The lowest BCUT2D eigenvalue weighted by atomic mass is 9.94. The van der Waals surface area contributed by atoms with Gasteiger partial charge < -0.3 is 9.47 Å². The molecule has 3 heteroatoms. The van der Waals surface area contributed by atoms with Crippen molar-refractivity contribution in [3.63, 3.8) is 0 Å². The molecule has 1 aliphatic rings. The molecule has 3 atom stereocenters. The lowest BCUT2D eigenvalue weighted by Crippen LogP contribution is -2.29. The Morgan fingerprint density at radius 2 is 2.31 bits per heavy atom. The molecule has 0 unspecified atom stereocenters. The van der Waals surface area contributed by atoms with Gasteiger partial charge >= 0.3 is 5.97 Å². The highest BCUT2D eigenvalue weighted by Crippen LogP contribution is 2.42. The normalized spacial score (nSPS) is 31.6. The van der Waals surface area contributed by atoms with Gasteiger partial charge in [0.05, 0.1) is 11.7 Å². The Labute approximate surface area is 97.8 Å². The van der Waals surface area contributed by atoms with Crippen LogP contribution < -0.4 is 0 Å². The Hall–Kier alpha value is -0.830. The molecule has 0 amide bonds. The van der Waals surface area contributed by atoms with Crippen LogP contribution in [0.25, 0.3) is 0 Å². The van der Waals surface area contributed by atoms with E-state index >= 15 is 0 Å². The Bertz CT molecular complexity index is 287. The van der Waals surface area contributed by atoms with Gasteiger partial charge in [0.15, 0.2) is 0 Å². The SMILES string of the molecule is C=C[C@](C)(CC[C@H]1O[C@]1(C)CC)OC(C)=O. The number of rotatable bonds is 6. The van der Waals surface area contributed by atoms with Gasteiger partial charge in [-0.1, -0.05) is 13.5 Å². The summed E-state index contributed by atoms with van der Waals surface area (Å²) in [4.78, 5) is 11.0. The third-order valence-corrected chi connectivity index (χ3v) is 3.45. The highest BCUT2D eigenvalue weighted by Gasteiger charge is 2.50. The number of epoxide rings is 1. The number of carbonyl (C=O) groups excluding carboxylic acids is 1. The quantitative estimate of drug-likeness (QED) is 0.397. The summed E-state index contributed by atoms with van der Waals surface area (Å²) >= 11 is 0. The zero-order chi connectivity index (χ0) is 12.4. The van der Waals surface area contributed by atoms with Crippen LogP contribution in [0.4, 0.5) is 0 Å². The number of esters is 1. The number of hydrogen-bond donors (Lipinski definition) is 0. The molecule has 0 spiro atoms. The average molecular weight is 226 g/mol. The number of hydrogen-bond acceptors (Lipinski definition) is 3. The molecule has 1 rings (SSSR count). The molecular formula is C13H22O3. The summed E-state index contributed by atoms with van der Waals surface area (Å²) in [5, 5.41) is 0. The van der Waals surface area contributed by atoms with Gasteiger partial charge in [-0.05, 0) is 39.2 Å². The Balaban J connectivity index is 2.41. The summed E-state index contributed by atoms with van der Waals surface area (Å²) in [5.74, 6) is -0.266. The second-order valence-corrected chi connectivity index (χ2v) is 4.92. The van der Waals surface area contributed by atoms with Crippen molar-refractivity contribution in [1.82, 2.24) is 0 Å². The molecule has 1 saturated heterocycles. The lowest BCUT2D eigenvalue weighted by Gasteiger charge is -2.25. The fourth-order valence-electron chi connectivity index (χ4n) is 1.91. The van der Waals surface area contributed by atoms with E-state index in [-0.39, 0.29) is 11.6 Å². The highest BCUT2D eigenvalue weighted by atomic mass is 16.6. The van der Waals surface area contributed by atoms with Gasteiger partial charge in [0.25, 0.3) is 0 Å². The zero-order valence-electron chi connectivity index (χ0n) is 10.7. The summed E-state index contributed by atoms with van der Waals surface area (Å²) < 4.78 is 10.9. The first-order valence-electron chi connectivity index (χ1n) is 5.86. The minimum absolute atomic E-state index is 0.0400. The van der Waals surface area contributed by atoms with Crippen LogP contribution in [-0.4, -0.2) is 23.3 Å². The van der Waals surface area contributed by atoms with Crippen molar-refractivity contribution in [2.75, 3.05) is 0 Å². The Kier molecular flexibility index (Phi) is 3.79. The first-order chi connectivity index (χ1) is 7.35. The minimum Gasteiger partial charge on any atom is -0.455 e. The minimum atomic E-state index is -0.563. The smallest absolute Gasteiger partial charge is 0.303 e.